The maximum atomic E-state index is 5.02. The Morgan fingerprint density at radius 1 is 0.298 bits per heavy atom. The van der Waals surface area contributed by atoms with Gasteiger partial charge in [-0.15, -0.1) is 0 Å². The largest absolute Gasteiger partial charge is 0.256 e. The molecule has 4 aromatic heterocycles. The summed E-state index contributed by atoms with van der Waals surface area (Å²) in [5.41, 5.74) is 16.6. The Balaban J connectivity index is 1.23. The lowest BCUT2D eigenvalue weighted by Crippen LogP contribution is -2.29. The number of nitrogens with zero attached hydrogens (tertiary/aromatic N) is 4. The van der Waals surface area contributed by atoms with Gasteiger partial charge in [0, 0.05) is 46.7 Å². The molecule has 1 aliphatic carbocycles. The van der Waals surface area contributed by atoms with Gasteiger partial charge in [0.2, 0.25) is 0 Å². The minimum Gasteiger partial charge on any atom is -0.256 e. The standard InChI is InChI=1S/C53H34N4/c1-3-13-35(14-4-1)37-23-27-56-49(29-37)45-31-39(33-51-43(45)19-11-25-54-51)53(47-21-9-7-17-41(47)42-18-8-10-22-48(42)53)40-32-46(44-20-12-26-55-52(44)34-40)50-30-38(24-28-57-50)36-15-5-2-6-16-36/h1-34H. The van der Waals surface area contributed by atoms with E-state index in [0.29, 0.717) is 0 Å². The van der Waals surface area contributed by atoms with Gasteiger partial charge >= 0.3 is 0 Å². The molecule has 0 atom stereocenters. The molecule has 6 aromatic carbocycles. The third-order valence-electron chi connectivity index (χ3n) is 11.5. The van der Waals surface area contributed by atoms with Crippen molar-refractivity contribution in [3.8, 4) is 55.9 Å². The monoisotopic (exact) mass is 726 g/mol. The van der Waals surface area contributed by atoms with Gasteiger partial charge in [0.15, 0.2) is 0 Å². The molecule has 0 N–H and O–H groups in total. The van der Waals surface area contributed by atoms with Crippen LogP contribution in [0.25, 0.3) is 77.7 Å². The third-order valence-corrected chi connectivity index (χ3v) is 11.5. The van der Waals surface area contributed by atoms with Crippen LogP contribution in [-0.2, 0) is 5.41 Å². The van der Waals surface area contributed by atoms with Gasteiger partial charge < -0.3 is 0 Å². The van der Waals surface area contributed by atoms with Crippen LogP contribution in [0.2, 0.25) is 0 Å². The fourth-order valence-electron chi connectivity index (χ4n) is 9.02. The number of rotatable bonds is 6. The summed E-state index contributed by atoms with van der Waals surface area (Å²) in [7, 11) is 0. The SMILES string of the molecule is c1ccc(-c2ccnc(-c3cc(C4(c5cc(-c6cc(-c7ccccc7)ccn6)c6cccnc6c5)c5ccccc5-c5ccccc54)cc4ncccc34)c2)cc1. The number of hydrogen-bond donors (Lipinski definition) is 0. The molecule has 10 aromatic rings. The average Bonchev–Trinajstić information content (AvgIpc) is 3.60. The van der Waals surface area contributed by atoms with E-state index in [0.717, 1.165) is 77.7 Å². The summed E-state index contributed by atoms with van der Waals surface area (Å²) >= 11 is 0. The number of pyridine rings is 4. The van der Waals surface area contributed by atoms with Gasteiger partial charge in [0.1, 0.15) is 0 Å². The molecular formula is C53H34N4. The highest BCUT2D eigenvalue weighted by Gasteiger charge is 2.47. The zero-order chi connectivity index (χ0) is 37.8. The van der Waals surface area contributed by atoms with Crippen LogP contribution in [0, 0.1) is 0 Å². The molecule has 0 fully saturated rings. The fraction of sp³-hybridized carbons (Fsp3) is 0.0189. The van der Waals surface area contributed by atoms with E-state index in [1.807, 2.05) is 36.9 Å². The van der Waals surface area contributed by atoms with Gasteiger partial charge in [0.05, 0.1) is 27.8 Å². The van der Waals surface area contributed by atoms with Gasteiger partial charge in [-0.2, -0.15) is 0 Å². The van der Waals surface area contributed by atoms with Crippen molar-refractivity contribution in [1.82, 2.24) is 19.9 Å². The first-order valence-corrected chi connectivity index (χ1v) is 19.3. The second-order valence-corrected chi connectivity index (χ2v) is 14.6. The molecule has 0 amide bonds. The lowest BCUT2D eigenvalue weighted by Gasteiger charge is -2.35. The third kappa shape index (κ3) is 5.30. The van der Waals surface area contributed by atoms with Crippen molar-refractivity contribution in [2.24, 2.45) is 0 Å². The van der Waals surface area contributed by atoms with Crippen molar-refractivity contribution >= 4 is 21.8 Å². The van der Waals surface area contributed by atoms with Gasteiger partial charge in [0.25, 0.3) is 0 Å². The molecule has 11 rings (SSSR count). The normalized spacial score (nSPS) is 12.7. The average molecular weight is 727 g/mol. The first-order chi connectivity index (χ1) is 28.3. The summed E-state index contributed by atoms with van der Waals surface area (Å²) in [6.45, 7) is 0. The smallest absolute Gasteiger partial charge is 0.0715 e. The van der Waals surface area contributed by atoms with Crippen molar-refractivity contribution in [2.45, 2.75) is 5.41 Å². The Bertz CT molecular complexity index is 2920. The summed E-state index contributed by atoms with van der Waals surface area (Å²) in [5, 5.41) is 2.10. The van der Waals surface area contributed by atoms with Crippen molar-refractivity contribution in [3.05, 3.63) is 229 Å². The molecule has 0 saturated carbocycles. The molecule has 1 aliphatic rings. The molecule has 0 spiro atoms. The number of hydrogen-bond acceptors (Lipinski definition) is 4. The minimum atomic E-state index is -0.734. The maximum Gasteiger partial charge on any atom is 0.0715 e. The van der Waals surface area contributed by atoms with E-state index < -0.39 is 5.41 Å². The van der Waals surface area contributed by atoms with Crippen LogP contribution in [-0.4, -0.2) is 19.9 Å². The number of aromatic nitrogens is 4. The Morgan fingerprint density at radius 3 is 1.21 bits per heavy atom. The van der Waals surface area contributed by atoms with Crippen LogP contribution in [0.15, 0.2) is 207 Å². The summed E-state index contributed by atoms with van der Waals surface area (Å²) in [5.74, 6) is 0. The minimum absolute atomic E-state index is 0.734. The first kappa shape index (κ1) is 32.8. The predicted molar refractivity (Wildman–Crippen MR) is 232 cm³/mol. The van der Waals surface area contributed by atoms with Gasteiger partial charge in [-0.1, -0.05) is 121 Å². The second-order valence-electron chi connectivity index (χ2n) is 14.6. The summed E-state index contributed by atoms with van der Waals surface area (Å²) in [6, 6.07) is 64.9. The molecule has 0 unspecified atom stereocenters. The van der Waals surface area contributed by atoms with Gasteiger partial charge in [-0.25, -0.2) is 0 Å². The topological polar surface area (TPSA) is 51.6 Å². The Labute approximate surface area is 330 Å². The van der Waals surface area contributed by atoms with Crippen molar-refractivity contribution in [2.75, 3.05) is 0 Å². The Morgan fingerprint density at radius 2 is 0.737 bits per heavy atom. The highest BCUT2D eigenvalue weighted by molar-refractivity contribution is 5.99. The molecule has 0 aliphatic heterocycles. The molecule has 266 valence electrons. The molecule has 57 heavy (non-hydrogen) atoms. The van der Waals surface area contributed by atoms with Gasteiger partial charge in [-0.05, 0) is 116 Å². The van der Waals surface area contributed by atoms with Crippen molar-refractivity contribution in [1.29, 1.82) is 0 Å². The summed E-state index contributed by atoms with van der Waals surface area (Å²) < 4.78 is 0. The Kier molecular flexibility index (Phi) is 7.68. The van der Waals surface area contributed by atoms with E-state index in [9.17, 15) is 0 Å². The zero-order valence-electron chi connectivity index (χ0n) is 30.9. The molecule has 0 radical (unpaired) electrons. The van der Waals surface area contributed by atoms with Crippen LogP contribution in [0.4, 0.5) is 0 Å². The fourth-order valence-corrected chi connectivity index (χ4v) is 9.02. The quantitative estimate of drug-likeness (QED) is 0.171. The molecular weight excluding hydrogens is 693 g/mol. The van der Waals surface area contributed by atoms with E-state index in [-0.39, 0.29) is 0 Å². The van der Waals surface area contributed by atoms with E-state index in [1.165, 1.54) is 22.3 Å². The number of fused-ring (bicyclic) bond motifs is 5. The van der Waals surface area contributed by atoms with Crippen LogP contribution in [0.5, 0.6) is 0 Å². The lowest BCUT2D eigenvalue weighted by atomic mass is 9.66. The summed E-state index contributed by atoms with van der Waals surface area (Å²) in [4.78, 5) is 20.1. The van der Waals surface area contributed by atoms with E-state index in [2.05, 4.69) is 170 Å². The van der Waals surface area contributed by atoms with E-state index in [1.54, 1.807) is 0 Å². The van der Waals surface area contributed by atoms with Crippen LogP contribution in [0.1, 0.15) is 22.3 Å². The van der Waals surface area contributed by atoms with Crippen LogP contribution < -0.4 is 0 Å². The molecule has 4 nitrogen and oxygen atoms in total. The highest BCUT2D eigenvalue weighted by atomic mass is 14.7. The Hall–Kier alpha value is -7.56. The first-order valence-electron chi connectivity index (χ1n) is 19.3. The maximum absolute atomic E-state index is 5.02. The molecule has 4 heteroatoms. The predicted octanol–water partition coefficient (Wildman–Crippen LogP) is 12.6. The number of benzene rings is 6. The van der Waals surface area contributed by atoms with E-state index in [4.69, 9.17) is 19.9 Å². The summed E-state index contributed by atoms with van der Waals surface area (Å²) in [6.07, 6.45) is 7.60. The molecule has 0 saturated heterocycles. The van der Waals surface area contributed by atoms with Gasteiger partial charge in [-0.3, -0.25) is 19.9 Å². The van der Waals surface area contributed by atoms with Crippen molar-refractivity contribution < 1.29 is 0 Å². The van der Waals surface area contributed by atoms with Crippen LogP contribution >= 0.6 is 0 Å². The second kappa shape index (κ2) is 13.3. The van der Waals surface area contributed by atoms with Crippen molar-refractivity contribution in [3.63, 3.8) is 0 Å². The van der Waals surface area contributed by atoms with Crippen LogP contribution in [0.3, 0.4) is 0 Å². The zero-order valence-corrected chi connectivity index (χ0v) is 30.9. The lowest BCUT2D eigenvalue weighted by molar-refractivity contribution is 0.771. The van der Waals surface area contributed by atoms with E-state index >= 15 is 0 Å². The molecule has 4 heterocycles. The highest BCUT2D eigenvalue weighted by Crippen LogP contribution is 2.57. The molecule has 0 bridgehead atoms.